The summed E-state index contributed by atoms with van der Waals surface area (Å²) in [6, 6.07) is 4.80. The predicted molar refractivity (Wildman–Crippen MR) is 66.2 cm³/mol. The van der Waals surface area contributed by atoms with Gasteiger partial charge in [-0.1, -0.05) is 26.8 Å². The zero-order valence-electron chi connectivity index (χ0n) is 11.4. The Morgan fingerprint density at radius 1 is 1.21 bits per heavy atom. The summed E-state index contributed by atoms with van der Waals surface area (Å²) in [4.78, 5) is 11.5. The Kier molecular flexibility index (Phi) is 4.28. The molecule has 0 aliphatic carbocycles. The van der Waals surface area contributed by atoms with Crippen molar-refractivity contribution in [1.82, 2.24) is 0 Å². The largest absolute Gasteiger partial charge is 0.452 e. The Morgan fingerprint density at radius 3 is 2.21 bits per heavy atom. The lowest BCUT2D eigenvalue weighted by Gasteiger charge is -2.22. The number of rotatable bonds is 2. The van der Waals surface area contributed by atoms with E-state index in [9.17, 15) is 18.0 Å². The third kappa shape index (κ3) is 4.58. The third-order valence-electron chi connectivity index (χ3n) is 2.64. The monoisotopic (exact) mass is 274 g/mol. The lowest BCUT2D eigenvalue weighted by Crippen LogP contribution is -2.20. The number of aryl methyl sites for hydroxylation is 1. The van der Waals surface area contributed by atoms with Crippen LogP contribution in [0.5, 0.6) is 0 Å². The number of hydrogen-bond donors (Lipinski definition) is 0. The number of esters is 1. The molecule has 0 fully saturated rings. The average molecular weight is 274 g/mol. The second-order valence-electron chi connectivity index (χ2n) is 5.47. The highest BCUT2D eigenvalue weighted by molar-refractivity contribution is 5.89. The van der Waals surface area contributed by atoms with Crippen LogP contribution in [0.3, 0.4) is 0 Å². The van der Waals surface area contributed by atoms with E-state index in [1.54, 1.807) is 12.1 Å². The van der Waals surface area contributed by atoms with Gasteiger partial charge in [-0.05, 0) is 35.6 Å². The van der Waals surface area contributed by atoms with Crippen LogP contribution in [0.25, 0.3) is 0 Å². The summed E-state index contributed by atoms with van der Waals surface area (Å²) in [5.41, 5.74) is 1.95. The molecule has 0 unspecified atom stereocenters. The molecule has 1 aromatic carbocycles. The molecule has 0 aliphatic rings. The minimum Gasteiger partial charge on any atom is -0.452 e. The molecule has 0 saturated heterocycles. The highest BCUT2D eigenvalue weighted by Gasteiger charge is 2.30. The standard InChI is InChI=1S/C14H17F3O2/c1-9-7-10(5-6-11(9)13(2,3)4)12(18)19-8-14(15,16)17/h5-7H,8H2,1-4H3. The van der Waals surface area contributed by atoms with E-state index in [-0.39, 0.29) is 11.0 Å². The summed E-state index contributed by atoms with van der Waals surface area (Å²) in [5, 5.41) is 0. The SMILES string of the molecule is Cc1cc(C(=O)OCC(F)(F)F)ccc1C(C)(C)C. The van der Waals surface area contributed by atoms with Gasteiger partial charge < -0.3 is 4.74 Å². The van der Waals surface area contributed by atoms with Gasteiger partial charge in [0.15, 0.2) is 6.61 Å². The van der Waals surface area contributed by atoms with Crippen molar-refractivity contribution in [1.29, 1.82) is 0 Å². The number of carbonyl (C=O) groups excluding carboxylic acids is 1. The molecule has 0 aromatic heterocycles. The summed E-state index contributed by atoms with van der Waals surface area (Å²) in [5.74, 6) is -0.958. The van der Waals surface area contributed by atoms with Crippen molar-refractivity contribution in [2.24, 2.45) is 0 Å². The number of benzene rings is 1. The minimum atomic E-state index is -4.50. The molecule has 0 saturated carbocycles. The Hall–Kier alpha value is -1.52. The quantitative estimate of drug-likeness (QED) is 0.762. The number of ether oxygens (including phenoxy) is 1. The lowest BCUT2D eigenvalue weighted by molar-refractivity contribution is -0.161. The molecule has 2 nitrogen and oxygen atoms in total. The molecule has 0 heterocycles. The van der Waals surface area contributed by atoms with Crippen molar-refractivity contribution in [3.05, 3.63) is 34.9 Å². The highest BCUT2D eigenvalue weighted by atomic mass is 19.4. The molecule has 0 radical (unpaired) electrons. The molecule has 1 rings (SSSR count). The van der Waals surface area contributed by atoms with Crippen LogP contribution in [0, 0.1) is 6.92 Å². The van der Waals surface area contributed by atoms with Gasteiger partial charge in [-0.15, -0.1) is 0 Å². The van der Waals surface area contributed by atoms with Crippen LogP contribution < -0.4 is 0 Å². The van der Waals surface area contributed by atoms with Gasteiger partial charge >= 0.3 is 12.1 Å². The van der Waals surface area contributed by atoms with Crippen molar-refractivity contribution >= 4 is 5.97 Å². The Balaban J connectivity index is 2.87. The van der Waals surface area contributed by atoms with Gasteiger partial charge in [-0.2, -0.15) is 13.2 Å². The van der Waals surface area contributed by atoms with Gasteiger partial charge in [0.1, 0.15) is 0 Å². The summed E-state index contributed by atoms with van der Waals surface area (Å²) < 4.78 is 40.1. The first-order chi connectivity index (χ1) is 8.50. The summed E-state index contributed by atoms with van der Waals surface area (Å²) in [6.45, 7) is 6.33. The van der Waals surface area contributed by atoms with Crippen molar-refractivity contribution in [3.8, 4) is 0 Å². The van der Waals surface area contributed by atoms with Crippen LogP contribution in [0.15, 0.2) is 18.2 Å². The Labute approximate surface area is 110 Å². The van der Waals surface area contributed by atoms with E-state index >= 15 is 0 Å². The van der Waals surface area contributed by atoms with Gasteiger partial charge in [-0.3, -0.25) is 0 Å². The van der Waals surface area contributed by atoms with E-state index in [4.69, 9.17) is 0 Å². The number of carbonyl (C=O) groups is 1. The Bertz CT molecular complexity index is 471. The summed E-state index contributed by atoms with van der Waals surface area (Å²) >= 11 is 0. The van der Waals surface area contributed by atoms with E-state index in [2.05, 4.69) is 4.74 Å². The molecular formula is C14H17F3O2. The van der Waals surface area contributed by atoms with Gasteiger partial charge in [0, 0.05) is 0 Å². The van der Waals surface area contributed by atoms with Gasteiger partial charge in [0.05, 0.1) is 5.56 Å². The zero-order valence-corrected chi connectivity index (χ0v) is 11.4. The first-order valence-corrected chi connectivity index (χ1v) is 5.86. The van der Waals surface area contributed by atoms with Crippen molar-refractivity contribution in [3.63, 3.8) is 0 Å². The normalized spacial score (nSPS) is 12.4. The lowest BCUT2D eigenvalue weighted by atomic mass is 9.83. The second-order valence-corrected chi connectivity index (χ2v) is 5.47. The van der Waals surface area contributed by atoms with Gasteiger partial charge in [-0.25, -0.2) is 4.79 Å². The molecule has 0 amide bonds. The van der Waals surface area contributed by atoms with Crippen molar-refractivity contribution < 1.29 is 22.7 Å². The molecule has 5 heteroatoms. The number of alkyl halides is 3. The van der Waals surface area contributed by atoms with Gasteiger partial charge in [0.25, 0.3) is 0 Å². The molecular weight excluding hydrogens is 257 g/mol. The number of hydrogen-bond acceptors (Lipinski definition) is 2. The maximum absolute atomic E-state index is 12.0. The van der Waals surface area contributed by atoms with E-state index in [1.807, 2.05) is 27.7 Å². The third-order valence-corrected chi connectivity index (χ3v) is 2.64. The highest BCUT2D eigenvalue weighted by Crippen LogP contribution is 2.26. The Morgan fingerprint density at radius 2 is 1.79 bits per heavy atom. The smallest absolute Gasteiger partial charge is 0.422 e. The molecule has 106 valence electrons. The van der Waals surface area contributed by atoms with Crippen molar-refractivity contribution in [2.75, 3.05) is 6.61 Å². The summed E-state index contributed by atoms with van der Waals surface area (Å²) in [7, 11) is 0. The van der Waals surface area contributed by atoms with E-state index in [0.29, 0.717) is 0 Å². The van der Waals surface area contributed by atoms with Crippen molar-refractivity contribution in [2.45, 2.75) is 39.3 Å². The van der Waals surface area contributed by atoms with Crippen LogP contribution in [0.2, 0.25) is 0 Å². The average Bonchev–Trinajstić information content (AvgIpc) is 2.22. The van der Waals surface area contributed by atoms with Crippen LogP contribution >= 0.6 is 0 Å². The van der Waals surface area contributed by atoms with Gasteiger partial charge in [0.2, 0.25) is 0 Å². The molecule has 0 spiro atoms. The molecule has 0 aliphatic heterocycles. The minimum absolute atomic E-state index is 0.0848. The molecule has 0 atom stereocenters. The van der Waals surface area contributed by atoms with Crippen LogP contribution in [-0.2, 0) is 10.2 Å². The molecule has 0 bridgehead atoms. The fourth-order valence-corrected chi connectivity index (χ4v) is 1.86. The van der Waals surface area contributed by atoms with E-state index in [1.165, 1.54) is 6.07 Å². The first-order valence-electron chi connectivity index (χ1n) is 5.86. The molecule has 19 heavy (non-hydrogen) atoms. The molecule has 0 N–H and O–H groups in total. The maximum Gasteiger partial charge on any atom is 0.422 e. The second kappa shape index (κ2) is 5.23. The zero-order chi connectivity index (χ0) is 14.8. The van der Waals surface area contributed by atoms with E-state index in [0.717, 1.165) is 11.1 Å². The van der Waals surface area contributed by atoms with Crippen LogP contribution in [-0.4, -0.2) is 18.8 Å². The maximum atomic E-state index is 12.0. The topological polar surface area (TPSA) is 26.3 Å². The van der Waals surface area contributed by atoms with E-state index < -0.39 is 18.8 Å². The molecule has 1 aromatic rings. The fraction of sp³-hybridized carbons (Fsp3) is 0.500. The predicted octanol–water partition coefficient (Wildman–Crippen LogP) is 4.01. The van der Waals surface area contributed by atoms with Crippen LogP contribution in [0.1, 0.15) is 42.3 Å². The summed E-state index contributed by atoms with van der Waals surface area (Å²) in [6.07, 6.45) is -4.50. The first kappa shape index (κ1) is 15.5. The fourth-order valence-electron chi connectivity index (χ4n) is 1.86. The van der Waals surface area contributed by atoms with Crippen LogP contribution in [0.4, 0.5) is 13.2 Å². The number of halogens is 3.